The molecule has 0 saturated carbocycles. The van der Waals surface area contributed by atoms with E-state index in [-0.39, 0.29) is 12.0 Å². The second kappa shape index (κ2) is 6.39. The molecule has 0 spiro atoms. The summed E-state index contributed by atoms with van der Waals surface area (Å²) >= 11 is 0. The molecule has 0 bridgehead atoms. The molecule has 0 fully saturated rings. The summed E-state index contributed by atoms with van der Waals surface area (Å²) in [7, 11) is 1.98. The number of hydrogen-bond acceptors (Lipinski definition) is 5. The molecule has 2 heterocycles. The summed E-state index contributed by atoms with van der Waals surface area (Å²) in [4.78, 5) is 4.40. The first-order chi connectivity index (χ1) is 9.93. The normalized spacial score (nSPS) is 13.1. The van der Waals surface area contributed by atoms with Crippen LogP contribution in [0.5, 0.6) is 0 Å². The Kier molecular flexibility index (Phi) is 4.77. The lowest BCUT2D eigenvalue weighted by atomic mass is 10.0. The molecule has 0 unspecified atom stereocenters. The van der Waals surface area contributed by atoms with Crippen molar-refractivity contribution in [2.45, 2.75) is 59.5 Å². The second-order valence-corrected chi connectivity index (χ2v) is 5.75. The summed E-state index contributed by atoms with van der Waals surface area (Å²) in [6, 6.07) is 0.250. The van der Waals surface area contributed by atoms with E-state index in [9.17, 15) is 0 Å². The Morgan fingerprint density at radius 3 is 2.48 bits per heavy atom. The number of nitrogens with one attached hydrogen (secondary N) is 1. The molecule has 1 N–H and O–H groups in total. The van der Waals surface area contributed by atoms with E-state index in [1.807, 2.05) is 25.6 Å². The van der Waals surface area contributed by atoms with E-state index in [1.165, 1.54) is 11.3 Å². The van der Waals surface area contributed by atoms with Crippen molar-refractivity contribution in [1.82, 2.24) is 25.2 Å². The van der Waals surface area contributed by atoms with Crippen LogP contribution in [0.25, 0.3) is 0 Å². The van der Waals surface area contributed by atoms with Gasteiger partial charge < -0.3 is 9.84 Å². The maximum absolute atomic E-state index is 5.23. The quantitative estimate of drug-likeness (QED) is 0.886. The number of rotatable bonds is 6. The molecule has 0 aliphatic carbocycles. The molecular weight excluding hydrogens is 266 g/mol. The van der Waals surface area contributed by atoms with Crippen LogP contribution >= 0.6 is 0 Å². The molecule has 0 amide bonds. The Morgan fingerprint density at radius 2 is 2.00 bits per heavy atom. The molecule has 21 heavy (non-hydrogen) atoms. The largest absolute Gasteiger partial charge is 0.339 e. The molecule has 0 aromatic carbocycles. The molecule has 116 valence electrons. The minimum Gasteiger partial charge on any atom is -0.339 e. The highest BCUT2D eigenvalue weighted by molar-refractivity contribution is 5.28. The number of aromatic nitrogens is 4. The molecule has 0 aliphatic rings. The SMILES string of the molecule is CC[C@@H](NCc1noc(C(C)C)n1)c1c(C)nn(C)c1C. The Bertz CT molecular complexity index is 599. The first kappa shape index (κ1) is 15.7. The summed E-state index contributed by atoms with van der Waals surface area (Å²) in [6.07, 6.45) is 0.988. The Morgan fingerprint density at radius 1 is 1.29 bits per heavy atom. The van der Waals surface area contributed by atoms with Crippen LogP contribution in [0.4, 0.5) is 0 Å². The van der Waals surface area contributed by atoms with E-state index in [2.05, 4.69) is 41.3 Å². The van der Waals surface area contributed by atoms with Crippen molar-refractivity contribution < 1.29 is 4.52 Å². The third kappa shape index (κ3) is 3.32. The minimum absolute atomic E-state index is 0.250. The lowest BCUT2D eigenvalue weighted by Crippen LogP contribution is -2.22. The topological polar surface area (TPSA) is 68.8 Å². The third-order valence-electron chi connectivity index (χ3n) is 3.81. The Labute approximate surface area is 125 Å². The fraction of sp³-hybridized carbons (Fsp3) is 0.667. The van der Waals surface area contributed by atoms with Gasteiger partial charge in [0.15, 0.2) is 5.82 Å². The van der Waals surface area contributed by atoms with E-state index in [1.54, 1.807) is 0 Å². The fourth-order valence-corrected chi connectivity index (χ4v) is 2.53. The highest BCUT2D eigenvalue weighted by Crippen LogP contribution is 2.24. The monoisotopic (exact) mass is 291 g/mol. The zero-order chi connectivity index (χ0) is 15.6. The molecule has 0 saturated heterocycles. The predicted molar refractivity (Wildman–Crippen MR) is 80.9 cm³/mol. The highest BCUT2D eigenvalue weighted by atomic mass is 16.5. The molecule has 0 aliphatic heterocycles. The van der Waals surface area contributed by atoms with E-state index in [0.29, 0.717) is 18.3 Å². The van der Waals surface area contributed by atoms with Crippen LogP contribution in [0.1, 0.15) is 67.8 Å². The van der Waals surface area contributed by atoms with Crippen molar-refractivity contribution in [3.8, 4) is 0 Å². The average Bonchev–Trinajstić information content (AvgIpc) is 2.99. The molecule has 2 rings (SSSR count). The number of nitrogens with zero attached hydrogens (tertiary/aromatic N) is 4. The maximum atomic E-state index is 5.23. The molecule has 0 radical (unpaired) electrons. The van der Waals surface area contributed by atoms with Gasteiger partial charge in [-0.1, -0.05) is 25.9 Å². The summed E-state index contributed by atoms with van der Waals surface area (Å²) in [5, 5.41) is 12.0. The van der Waals surface area contributed by atoms with Gasteiger partial charge in [-0.25, -0.2) is 0 Å². The fourth-order valence-electron chi connectivity index (χ4n) is 2.53. The zero-order valence-corrected chi connectivity index (χ0v) is 13.8. The van der Waals surface area contributed by atoms with Crippen molar-refractivity contribution in [3.63, 3.8) is 0 Å². The third-order valence-corrected chi connectivity index (χ3v) is 3.81. The van der Waals surface area contributed by atoms with Gasteiger partial charge in [0.2, 0.25) is 5.89 Å². The summed E-state index contributed by atoms with van der Waals surface area (Å²) in [6.45, 7) is 11.0. The lowest BCUT2D eigenvalue weighted by molar-refractivity contribution is 0.358. The van der Waals surface area contributed by atoms with Crippen LogP contribution in [0.15, 0.2) is 4.52 Å². The average molecular weight is 291 g/mol. The van der Waals surface area contributed by atoms with E-state index < -0.39 is 0 Å². The molecule has 6 nitrogen and oxygen atoms in total. The molecule has 2 aromatic heterocycles. The predicted octanol–water partition coefficient (Wildman–Crippen LogP) is 2.78. The standard InChI is InChI=1S/C15H25N5O/c1-7-12(14-10(4)18-20(6)11(14)5)16-8-13-17-15(9(2)3)21-19-13/h9,12,16H,7-8H2,1-6H3/t12-/m1/s1. The van der Waals surface area contributed by atoms with Crippen molar-refractivity contribution in [1.29, 1.82) is 0 Å². The molecule has 2 aromatic rings. The second-order valence-electron chi connectivity index (χ2n) is 5.75. The highest BCUT2D eigenvalue weighted by Gasteiger charge is 2.19. The zero-order valence-electron chi connectivity index (χ0n) is 13.8. The van der Waals surface area contributed by atoms with Gasteiger partial charge in [0, 0.05) is 30.3 Å². The Hall–Kier alpha value is -1.69. The van der Waals surface area contributed by atoms with Crippen molar-refractivity contribution >= 4 is 0 Å². The van der Waals surface area contributed by atoms with Crippen LogP contribution in [0, 0.1) is 13.8 Å². The summed E-state index contributed by atoms with van der Waals surface area (Å²) in [5.74, 6) is 1.65. The first-order valence-corrected chi connectivity index (χ1v) is 7.50. The molecule has 6 heteroatoms. The molecule has 1 atom stereocenters. The van der Waals surface area contributed by atoms with Gasteiger partial charge in [-0.15, -0.1) is 0 Å². The summed E-state index contributed by atoms with van der Waals surface area (Å²) < 4.78 is 7.16. The van der Waals surface area contributed by atoms with Gasteiger partial charge in [-0.3, -0.25) is 4.68 Å². The van der Waals surface area contributed by atoms with Crippen LogP contribution in [-0.2, 0) is 13.6 Å². The van der Waals surface area contributed by atoms with Crippen molar-refractivity contribution in [3.05, 3.63) is 28.7 Å². The van der Waals surface area contributed by atoms with Crippen molar-refractivity contribution in [2.75, 3.05) is 0 Å². The first-order valence-electron chi connectivity index (χ1n) is 7.50. The van der Waals surface area contributed by atoms with E-state index in [0.717, 1.165) is 12.1 Å². The maximum Gasteiger partial charge on any atom is 0.229 e. The van der Waals surface area contributed by atoms with Gasteiger partial charge in [-0.05, 0) is 20.3 Å². The van der Waals surface area contributed by atoms with E-state index in [4.69, 9.17) is 4.52 Å². The van der Waals surface area contributed by atoms with Crippen LogP contribution in [0.3, 0.4) is 0 Å². The number of aryl methyl sites for hydroxylation is 2. The van der Waals surface area contributed by atoms with Crippen LogP contribution in [0.2, 0.25) is 0 Å². The van der Waals surface area contributed by atoms with Crippen molar-refractivity contribution in [2.24, 2.45) is 7.05 Å². The van der Waals surface area contributed by atoms with Gasteiger partial charge in [0.1, 0.15) is 0 Å². The lowest BCUT2D eigenvalue weighted by Gasteiger charge is -2.16. The van der Waals surface area contributed by atoms with E-state index >= 15 is 0 Å². The van der Waals surface area contributed by atoms with Gasteiger partial charge in [0.05, 0.1) is 12.2 Å². The van der Waals surface area contributed by atoms with Gasteiger partial charge in [-0.2, -0.15) is 10.1 Å². The Balaban J connectivity index is 2.08. The van der Waals surface area contributed by atoms with Crippen LogP contribution in [-0.4, -0.2) is 19.9 Å². The minimum atomic E-state index is 0.250. The van der Waals surface area contributed by atoms with Gasteiger partial charge >= 0.3 is 0 Å². The smallest absolute Gasteiger partial charge is 0.229 e. The van der Waals surface area contributed by atoms with Gasteiger partial charge in [0.25, 0.3) is 0 Å². The molecular formula is C15H25N5O. The van der Waals surface area contributed by atoms with Crippen LogP contribution < -0.4 is 5.32 Å². The summed E-state index contributed by atoms with van der Waals surface area (Å²) in [5.41, 5.74) is 3.54. The number of hydrogen-bond donors (Lipinski definition) is 1.